The second-order valence-corrected chi connectivity index (χ2v) is 5.06. The molecule has 0 saturated carbocycles. The lowest BCUT2D eigenvalue weighted by molar-refractivity contribution is 0.567. The van der Waals surface area contributed by atoms with Gasteiger partial charge in [0.2, 0.25) is 0 Å². The molecule has 0 fully saturated rings. The topological polar surface area (TPSA) is 37.8 Å². The van der Waals surface area contributed by atoms with Crippen molar-refractivity contribution in [1.29, 1.82) is 0 Å². The minimum Gasteiger partial charge on any atom is -0.366 e. The zero-order chi connectivity index (χ0) is 12.8. The Labute approximate surface area is 107 Å². The standard InChI is InChI=1S/C12H19ClFN3/c1-4-10-11(14)12(17-7-16-10)15-6-9(13)5-8(2)3/h7-9H,4-6H2,1-3H3,(H,15,16,17). The molecule has 5 heteroatoms. The van der Waals surface area contributed by atoms with Crippen LogP contribution in [0.15, 0.2) is 6.33 Å². The van der Waals surface area contributed by atoms with Crippen LogP contribution in [0.1, 0.15) is 32.9 Å². The molecule has 1 aromatic rings. The Balaban J connectivity index is 2.57. The van der Waals surface area contributed by atoms with Crippen molar-refractivity contribution >= 4 is 17.4 Å². The van der Waals surface area contributed by atoms with E-state index in [-0.39, 0.29) is 17.0 Å². The van der Waals surface area contributed by atoms with Crippen LogP contribution in [0.5, 0.6) is 0 Å². The van der Waals surface area contributed by atoms with E-state index in [9.17, 15) is 4.39 Å². The summed E-state index contributed by atoms with van der Waals surface area (Å²) in [5, 5.41) is 2.92. The fourth-order valence-electron chi connectivity index (χ4n) is 1.58. The van der Waals surface area contributed by atoms with Crippen molar-refractivity contribution in [2.75, 3.05) is 11.9 Å². The van der Waals surface area contributed by atoms with Gasteiger partial charge < -0.3 is 5.32 Å². The fourth-order valence-corrected chi connectivity index (χ4v) is 2.01. The largest absolute Gasteiger partial charge is 0.366 e. The van der Waals surface area contributed by atoms with Crippen LogP contribution in [-0.4, -0.2) is 21.9 Å². The Morgan fingerprint density at radius 2 is 2.12 bits per heavy atom. The first-order valence-corrected chi connectivity index (χ1v) is 6.35. The van der Waals surface area contributed by atoms with Crippen LogP contribution in [0.25, 0.3) is 0 Å². The smallest absolute Gasteiger partial charge is 0.186 e. The summed E-state index contributed by atoms with van der Waals surface area (Å²) in [6, 6.07) is 0. The van der Waals surface area contributed by atoms with Gasteiger partial charge in [-0.15, -0.1) is 11.6 Å². The lowest BCUT2D eigenvalue weighted by Gasteiger charge is -2.14. The van der Waals surface area contributed by atoms with E-state index in [0.29, 0.717) is 24.6 Å². The minimum atomic E-state index is -0.372. The van der Waals surface area contributed by atoms with Crippen LogP contribution in [0, 0.1) is 11.7 Å². The van der Waals surface area contributed by atoms with Crippen LogP contribution < -0.4 is 5.32 Å². The second kappa shape index (κ2) is 6.74. The number of aryl methyl sites for hydroxylation is 1. The highest BCUT2D eigenvalue weighted by atomic mass is 35.5. The predicted octanol–water partition coefficient (Wildman–Crippen LogP) is 3.24. The number of aromatic nitrogens is 2. The third kappa shape index (κ3) is 4.46. The maximum Gasteiger partial charge on any atom is 0.186 e. The van der Waals surface area contributed by atoms with Crippen molar-refractivity contribution in [2.45, 2.75) is 39.0 Å². The lowest BCUT2D eigenvalue weighted by atomic mass is 10.1. The number of rotatable bonds is 6. The van der Waals surface area contributed by atoms with E-state index >= 15 is 0 Å². The van der Waals surface area contributed by atoms with Crippen LogP contribution in [0.3, 0.4) is 0 Å². The lowest BCUT2D eigenvalue weighted by Crippen LogP contribution is -2.18. The molecule has 0 amide bonds. The van der Waals surface area contributed by atoms with E-state index in [1.807, 2.05) is 6.92 Å². The molecule has 1 heterocycles. The van der Waals surface area contributed by atoms with E-state index < -0.39 is 0 Å². The number of halogens is 2. The molecule has 0 aliphatic carbocycles. The third-order valence-corrected chi connectivity index (χ3v) is 2.75. The summed E-state index contributed by atoms with van der Waals surface area (Å²) in [7, 11) is 0. The third-order valence-electron chi connectivity index (χ3n) is 2.41. The molecule has 0 bridgehead atoms. The SMILES string of the molecule is CCc1ncnc(NCC(Cl)CC(C)C)c1F. The minimum absolute atomic E-state index is 0.0190. The summed E-state index contributed by atoms with van der Waals surface area (Å²) >= 11 is 6.12. The van der Waals surface area contributed by atoms with E-state index in [4.69, 9.17) is 11.6 Å². The maximum absolute atomic E-state index is 13.8. The van der Waals surface area contributed by atoms with Gasteiger partial charge in [0.15, 0.2) is 11.6 Å². The number of nitrogens with zero attached hydrogens (tertiary/aromatic N) is 2. The van der Waals surface area contributed by atoms with E-state index in [1.54, 1.807) is 0 Å². The van der Waals surface area contributed by atoms with Gasteiger partial charge in [-0.05, 0) is 18.8 Å². The number of alkyl halides is 1. The van der Waals surface area contributed by atoms with Gasteiger partial charge in [-0.25, -0.2) is 14.4 Å². The fraction of sp³-hybridized carbons (Fsp3) is 0.667. The highest BCUT2D eigenvalue weighted by Gasteiger charge is 2.12. The first kappa shape index (κ1) is 14.2. The summed E-state index contributed by atoms with van der Waals surface area (Å²) in [5.41, 5.74) is 0.428. The second-order valence-electron chi connectivity index (χ2n) is 4.44. The van der Waals surface area contributed by atoms with Crippen LogP contribution in [0.2, 0.25) is 0 Å². The van der Waals surface area contributed by atoms with Gasteiger partial charge in [-0.1, -0.05) is 20.8 Å². The highest BCUT2D eigenvalue weighted by Crippen LogP contribution is 2.15. The molecular weight excluding hydrogens is 241 g/mol. The summed E-state index contributed by atoms with van der Waals surface area (Å²) < 4.78 is 13.8. The normalized spacial score (nSPS) is 12.8. The Morgan fingerprint density at radius 3 is 2.71 bits per heavy atom. The van der Waals surface area contributed by atoms with Crippen molar-refractivity contribution in [1.82, 2.24) is 9.97 Å². The molecule has 0 aliphatic heterocycles. The Bertz CT molecular complexity index is 358. The molecule has 0 aliphatic rings. The summed E-state index contributed by atoms with van der Waals surface area (Å²) in [4.78, 5) is 7.76. The molecule has 17 heavy (non-hydrogen) atoms. The Hall–Kier alpha value is -0.900. The van der Waals surface area contributed by atoms with Gasteiger partial charge in [-0.3, -0.25) is 0 Å². The molecule has 1 N–H and O–H groups in total. The van der Waals surface area contributed by atoms with Gasteiger partial charge in [0, 0.05) is 6.54 Å². The monoisotopic (exact) mass is 259 g/mol. The summed E-state index contributed by atoms with van der Waals surface area (Å²) in [6.45, 7) is 6.58. The van der Waals surface area contributed by atoms with E-state index in [2.05, 4.69) is 29.1 Å². The molecular formula is C12H19ClFN3. The van der Waals surface area contributed by atoms with Crippen molar-refractivity contribution in [3.05, 3.63) is 17.8 Å². The molecule has 0 saturated heterocycles. The Morgan fingerprint density at radius 1 is 1.41 bits per heavy atom. The number of anilines is 1. The first-order valence-electron chi connectivity index (χ1n) is 5.91. The number of hydrogen-bond donors (Lipinski definition) is 1. The molecule has 1 rings (SSSR count). The summed E-state index contributed by atoms with van der Waals surface area (Å²) in [5.74, 6) is 0.399. The van der Waals surface area contributed by atoms with Crippen molar-refractivity contribution in [3.8, 4) is 0 Å². The number of hydrogen-bond acceptors (Lipinski definition) is 3. The van der Waals surface area contributed by atoms with Gasteiger partial charge in [0.25, 0.3) is 0 Å². The molecule has 0 spiro atoms. The van der Waals surface area contributed by atoms with Crippen LogP contribution in [0.4, 0.5) is 10.2 Å². The van der Waals surface area contributed by atoms with Crippen molar-refractivity contribution in [2.24, 2.45) is 5.92 Å². The zero-order valence-corrected chi connectivity index (χ0v) is 11.3. The van der Waals surface area contributed by atoms with Crippen molar-refractivity contribution in [3.63, 3.8) is 0 Å². The van der Waals surface area contributed by atoms with E-state index in [0.717, 1.165) is 6.42 Å². The van der Waals surface area contributed by atoms with Crippen LogP contribution in [-0.2, 0) is 6.42 Å². The predicted molar refractivity (Wildman–Crippen MR) is 69.0 cm³/mol. The van der Waals surface area contributed by atoms with Gasteiger partial charge in [0.1, 0.15) is 6.33 Å². The molecule has 1 atom stereocenters. The molecule has 0 radical (unpaired) electrons. The molecule has 1 unspecified atom stereocenters. The van der Waals surface area contributed by atoms with Gasteiger partial charge >= 0.3 is 0 Å². The van der Waals surface area contributed by atoms with E-state index in [1.165, 1.54) is 6.33 Å². The van der Waals surface area contributed by atoms with Crippen molar-refractivity contribution < 1.29 is 4.39 Å². The summed E-state index contributed by atoms with van der Waals surface area (Å²) in [6.07, 6.45) is 2.82. The quantitative estimate of drug-likeness (QED) is 0.797. The average Bonchev–Trinajstić information content (AvgIpc) is 2.27. The van der Waals surface area contributed by atoms with Gasteiger partial charge in [0.05, 0.1) is 11.1 Å². The highest BCUT2D eigenvalue weighted by molar-refractivity contribution is 6.20. The van der Waals surface area contributed by atoms with Crippen LogP contribution >= 0.6 is 11.6 Å². The zero-order valence-electron chi connectivity index (χ0n) is 10.5. The molecule has 3 nitrogen and oxygen atoms in total. The van der Waals surface area contributed by atoms with Gasteiger partial charge in [-0.2, -0.15) is 0 Å². The molecule has 96 valence electrons. The maximum atomic E-state index is 13.8. The first-order chi connectivity index (χ1) is 8.04. The molecule has 1 aromatic heterocycles. The Kier molecular flexibility index (Phi) is 5.62. The number of nitrogens with one attached hydrogen (secondary N) is 1. The average molecular weight is 260 g/mol. The molecule has 0 aromatic carbocycles.